The van der Waals surface area contributed by atoms with Crippen molar-refractivity contribution in [1.82, 2.24) is 0 Å². The van der Waals surface area contributed by atoms with E-state index < -0.39 is 18.8 Å². The van der Waals surface area contributed by atoms with E-state index in [0.29, 0.717) is 0 Å². The predicted octanol–water partition coefficient (Wildman–Crippen LogP) is -2.57. The maximum Gasteiger partial charge on any atom is 0.172 e. The van der Waals surface area contributed by atoms with Crippen LogP contribution in [0.15, 0.2) is 0 Å². The van der Waals surface area contributed by atoms with E-state index in [-0.39, 0.29) is 6.61 Å². The molecule has 0 aromatic carbocycles. The molecule has 0 aromatic heterocycles. The second-order valence-electron chi connectivity index (χ2n) is 1.52. The molecule has 0 saturated carbocycles. The Morgan fingerprint density at radius 1 is 1.25 bits per heavy atom. The van der Waals surface area contributed by atoms with Crippen LogP contribution in [-0.2, 0) is 0 Å². The van der Waals surface area contributed by atoms with Gasteiger partial charge in [-0.1, -0.05) is 0 Å². The topological polar surface area (TPSA) is 83.6 Å². The summed E-state index contributed by atoms with van der Waals surface area (Å²) in [5.74, 6) is 0. The fourth-order valence-electron chi connectivity index (χ4n) is 0.258. The molecule has 5 N–H and O–H groups in total. The largest absolute Gasteiger partial charge is 0.443 e. The standard InChI is InChI=1S/C4H10O4/c5-1-3(7)4(8)2-6/h3-8H,1-2H2/p+1. The highest BCUT2D eigenvalue weighted by Gasteiger charge is 2.14. The van der Waals surface area contributed by atoms with Crippen LogP contribution in [0.2, 0.25) is 0 Å². The molecule has 8 heavy (non-hydrogen) atoms. The van der Waals surface area contributed by atoms with E-state index in [9.17, 15) is 0 Å². The Morgan fingerprint density at radius 2 is 1.75 bits per heavy atom. The van der Waals surface area contributed by atoms with Gasteiger partial charge in [-0.15, -0.1) is 0 Å². The molecule has 0 saturated heterocycles. The van der Waals surface area contributed by atoms with Crippen LogP contribution in [0.25, 0.3) is 0 Å². The van der Waals surface area contributed by atoms with Crippen molar-refractivity contribution >= 4 is 0 Å². The van der Waals surface area contributed by atoms with E-state index in [4.69, 9.17) is 20.4 Å². The SMILES string of the molecule is OCC(O)C(O)C[OH2+]. The summed E-state index contributed by atoms with van der Waals surface area (Å²) < 4.78 is 0. The molecule has 4 nitrogen and oxygen atoms in total. The zero-order valence-electron chi connectivity index (χ0n) is 4.41. The van der Waals surface area contributed by atoms with Crippen LogP contribution >= 0.6 is 0 Å². The average Bonchev–Trinajstić information content (AvgIpc) is 1.84. The van der Waals surface area contributed by atoms with Crippen molar-refractivity contribution in [2.24, 2.45) is 0 Å². The second kappa shape index (κ2) is 3.80. The third kappa shape index (κ3) is 2.23. The fraction of sp³-hybridized carbons (Fsp3) is 1.00. The first-order valence-corrected chi connectivity index (χ1v) is 2.34. The maximum absolute atomic E-state index is 8.53. The molecule has 0 aliphatic heterocycles. The van der Waals surface area contributed by atoms with Gasteiger partial charge in [0.05, 0.1) is 6.61 Å². The van der Waals surface area contributed by atoms with Gasteiger partial charge in [-0.05, 0) is 0 Å². The van der Waals surface area contributed by atoms with Crippen molar-refractivity contribution in [2.45, 2.75) is 12.2 Å². The first-order valence-electron chi connectivity index (χ1n) is 2.34. The summed E-state index contributed by atoms with van der Waals surface area (Å²) in [4.78, 5) is 0. The molecular formula is C4H11O4+. The molecule has 0 fully saturated rings. The lowest BCUT2D eigenvalue weighted by Crippen LogP contribution is -2.31. The van der Waals surface area contributed by atoms with Crippen molar-refractivity contribution in [3.8, 4) is 0 Å². The summed E-state index contributed by atoms with van der Waals surface area (Å²) in [7, 11) is 0. The molecule has 0 heterocycles. The normalized spacial score (nSPS) is 18.0. The van der Waals surface area contributed by atoms with Gasteiger partial charge >= 0.3 is 0 Å². The molecule has 0 amide bonds. The Labute approximate surface area is 47.0 Å². The predicted molar refractivity (Wildman–Crippen MR) is 27.6 cm³/mol. The van der Waals surface area contributed by atoms with Gasteiger partial charge in [0, 0.05) is 0 Å². The Morgan fingerprint density at radius 3 is 1.88 bits per heavy atom. The lowest BCUT2D eigenvalue weighted by Gasteiger charge is -2.08. The van der Waals surface area contributed by atoms with Gasteiger partial charge in [-0.25, -0.2) is 0 Å². The van der Waals surface area contributed by atoms with Crippen LogP contribution in [0, 0.1) is 0 Å². The fourth-order valence-corrected chi connectivity index (χ4v) is 0.258. The van der Waals surface area contributed by atoms with E-state index >= 15 is 0 Å². The van der Waals surface area contributed by atoms with Crippen molar-refractivity contribution in [2.75, 3.05) is 13.2 Å². The highest BCUT2D eigenvalue weighted by molar-refractivity contribution is 4.62. The van der Waals surface area contributed by atoms with E-state index in [1.165, 1.54) is 0 Å². The summed E-state index contributed by atoms with van der Waals surface area (Å²) in [5.41, 5.74) is 0. The number of aliphatic hydroxyl groups excluding tert-OH is 3. The van der Waals surface area contributed by atoms with E-state index in [0.717, 1.165) is 0 Å². The number of rotatable bonds is 3. The maximum atomic E-state index is 8.53. The van der Waals surface area contributed by atoms with Gasteiger partial charge in [-0.2, -0.15) is 0 Å². The number of hydrogen-bond acceptors (Lipinski definition) is 3. The molecule has 0 bridgehead atoms. The molecule has 2 unspecified atom stereocenters. The Hall–Kier alpha value is -0.160. The number of hydrogen-bond donors (Lipinski definition) is 3. The minimum atomic E-state index is -1.16. The second-order valence-corrected chi connectivity index (χ2v) is 1.52. The monoisotopic (exact) mass is 123 g/mol. The van der Waals surface area contributed by atoms with Crippen molar-refractivity contribution in [3.05, 3.63) is 0 Å². The Bertz CT molecular complexity index is 48.0. The van der Waals surface area contributed by atoms with Crippen LogP contribution < -0.4 is 0 Å². The van der Waals surface area contributed by atoms with Crippen molar-refractivity contribution < 1.29 is 20.4 Å². The molecule has 0 spiro atoms. The van der Waals surface area contributed by atoms with E-state index in [2.05, 4.69) is 0 Å². The summed E-state index contributed by atoms with van der Waals surface area (Å²) in [6, 6.07) is 0. The zero-order valence-corrected chi connectivity index (χ0v) is 4.41. The minimum Gasteiger partial charge on any atom is -0.443 e. The van der Waals surface area contributed by atoms with Crippen molar-refractivity contribution in [3.63, 3.8) is 0 Å². The van der Waals surface area contributed by atoms with E-state index in [1.54, 1.807) is 0 Å². The Balaban J connectivity index is 3.29. The van der Waals surface area contributed by atoms with Crippen LogP contribution in [0.5, 0.6) is 0 Å². The third-order valence-electron chi connectivity index (χ3n) is 0.840. The highest BCUT2D eigenvalue weighted by Crippen LogP contribution is 1.88. The summed E-state index contributed by atoms with van der Waals surface area (Å²) in [5, 5.41) is 31.7. The Kier molecular flexibility index (Phi) is 3.72. The molecule has 0 aromatic rings. The molecule has 0 rings (SSSR count). The lowest BCUT2D eigenvalue weighted by atomic mass is 10.2. The lowest BCUT2D eigenvalue weighted by molar-refractivity contribution is -0.0388. The van der Waals surface area contributed by atoms with Gasteiger partial charge in [0.25, 0.3) is 0 Å². The summed E-state index contributed by atoms with van der Waals surface area (Å²) >= 11 is 0. The van der Waals surface area contributed by atoms with Gasteiger partial charge in [0.2, 0.25) is 0 Å². The first-order chi connectivity index (χ1) is 3.72. The zero-order chi connectivity index (χ0) is 6.57. The van der Waals surface area contributed by atoms with Crippen LogP contribution in [0.1, 0.15) is 0 Å². The van der Waals surface area contributed by atoms with Gasteiger partial charge in [0.15, 0.2) is 12.7 Å². The quantitative estimate of drug-likeness (QED) is 0.360. The van der Waals surface area contributed by atoms with Crippen LogP contribution in [0.4, 0.5) is 0 Å². The summed E-state index contributed by atoms with van der Waals surface area (Å²) in [6.45, 7) is -0.762. The minimum absolute atomic E-state index is 0.276. The summed E-state index contributed by atoms with van der Waals surface area (Å²) in [6.07, 6.45) is -2.27. The van der Waals surface area contributed by atoms with Gasteiger partial charge in [0.1, 0.15) is 6.10 Å². The van der Waals surface area contributed by atoms with Gasteiger partial charge < -0.3 is 20.4 Å². The molecule has 0 aliphatic carbocycles. The highest BCUT2D eigenvalue weighted by atomic mass is 16.4. The number of aliphatic hydroxyl groups is 3. The average molecular weight is 123 g/mol. The molecule has 0 radical (unpaired) electrons. The smallest absolute Gasteiger partial charge is 0.172 e. The molecule has 0 aliphatic rings. The molecular weight excluding hydrogens is 112 g/mol. The van der Waals surface area contributed by atoms with Crippen LogP contribution in [0.3, 0.4) is 0 Å². The van der Waals surface area contributed by atoms with Crippen molar-refractivity contribution in [1.29, 1.82) is 0 Å². The van der Waals surface area contributed by atoms with E-state index in [1.807, 2.05) is 0 Å². The van der Waals surface area contributed by atoms with Gasteiger partial charge in [-0.3, -0.25) is 0 Å². The molecule has 50 valence electrons. The third-order valence-corrected chi connectivity index (χ3v) is 0.840. The first kappa shape index (κ1) is 7.84. The molecule has 4 heteroatoms. The molecule has 2 atom stereocenters. The van der Waals surface area contributed by atoms with Crippen LogP contribution in [-0.4, -0.2) is 45.8 Å².